The summed E-state index contributed by atoms with van der Waals surface area (Å²) in [6.07, 6.45) is 11.0. The van der Waals surface area contributed by atoms with E-state index in [0.717, 1.165) is 14.9 Å². The molecule has 62 heavy (non-hydrogen) atoms. The van der Waals surface area contributed by atoms with Gasteiger partial charge in [-0.3, -0.25) is 9.59 Å². The highest BCUT2D eigenvalue weighted by atomic mass is 32.2. The SMILES string of the molecule is NCc1cnc(-n2cccn2)s1.O=C1NC2=C(CCN(C(=O)NCc3cnc(-n4cccn4)s3)C2)S(=O)(=O)c2ccccc21.O=C1NC2=C(CCNC2)S(=O)(=O)c2ccccc21. The van der Waals surface area contributed by atoms with Crippen LogP contribution in [0.2, 0.25) is 0 Å². The van der Waals surface area contributed by atoms with Gasteiger partial charge in [0.05, 0.1) is 49.5 Å². The van der Waals surface area contributed by atoms with Crippen LogP contribution in [-0.2, 0) is 32.8 Å². The Morgan fingerprint density at radius 1 is 0.742 bits per heavy atom. The molecule has 0 fully saturated rings. The molecular weight excluding hydrogens is 877 g/mol. The summed E-state index contributed by atoms with van der Waals surface area (Å²) in [7, 11) is -7.37. The fourth-order valence-corrected chi connectivity index (χ4v) is 12.0. The van der Waals surface area contributed by atoms with Crippen molar-refractivity contribution in [3.63, 3.8) is 0 Å². The van der Waals surface area contributed by atoms with Gasteiger partial charge in [0.15, 0.2) is 0 Å². The third kappa shape index (κ3) is 8.71. The number of benzene rings is 2. The van der Waals surface area contributed by atoms with Gasteiger partial charge in [-0.2, -0.15) is 10.2 Å². The number of nitrogens with two attached hydrogens (primary N) is 1. The van der Waals surface area contributed by atoms with Crippen molar-refractivity contribution in [2.24, 2.45) is 5.73 Å². The van der Waals surface area contributed by atoms with Crippen molar-refractivity contribution >= 4 is 60.2 Å². The molecule has 4 amide bonds. The van der Waals surface area contributed by atoms with Crippen molar-refractivity contribution in [3.8, 4) is 10.3 Å². The summed E-state index contributed by atoms with van der Waals surface area (Å²) in [5, 5.41) is 21.0. The molecule has 4 aliphatic rings. The lowest BCUT2D eigenvalue weighted by Crippen LogP contribution is -2.46. The highest BCUT2D eigenvalue weighted by molar-refractivity contribution is 7.95. The fraction of sp³-hybridized carbons (Fsp3) is 0.205. The predicted molar refractivity (Wildman–Crippen MR) is 229 cm³/mol. The average Bonchev–Trinajstić information content (AvgIpc) is 4.14. The lowest BCUT2D eigenvalue weighted by atomic mass is 10.2. The van der Waals surface area contributed by atoms with Crippen molar-refractivity contribution in [3.05, 3.63) is 140 Å². The van der Waals surface area contributed by atoms with Crippen LogP contribution >= 0.6 is 22.7 Å². The van der Waals surface area contributed by atoms with Crippen molar-refractivity contribution in [2.45, 2.75) is 35.7 Å². The van der Waals surface area contributed by atoms with E-state index in [0.29, 0.717) is 41.8 Å². The van der Waals surface area contributed by atoms with Crippen LogP contribution < -0.4 is 27.0 Å². The molecule has 0 radical (unpaired) electrons. The number of carbonyl (C=O) groups excluding carboxylic acids is 3. The number of thiazole rings is 2. The van der Waals surface area contributed by atoms with E-state index in [1.54, 1.807) is 82.0 Å². The Bertz CT molecular complexity index is 2940. The molecule has 320 valence electrons. The summed E-state index contributed by atoms with van der Waals surface area (Å²) in [5.74, 6) is -0.852. The van der Waals surface area contributed by atoms with E-state index in [1.807, 2.05) is 12.3 Å². The summed E-state index contributed by atoms with van der Waals surface area (Å²) in [6.45, 7) is 2.03. The minimum Gasteiger partial charge on any atom is -0.333 e. The zero-order valence-corrected chi connectivity index (χ0v) is 35.9. The minimum absolute atomic E-state index is 0.00131. The number of fused-ring (bicyclic) bond motifs is 2. The zero-order valence-electron chi connectivity index (χ0n) is 32.6. The Hall–Kier alpha value is -6.37. The van der Waals surface area contributed by atoms with E-state index < -0.39 is 25.6 Å². The van der Waals surface area contributed by atoms with Gasteiger partial charge in [0.25, 0.3) is 11.8 Å². The maximum absolute atomic E-state index is 13.1. The molecular formula is C39H38N12O7S4. The molecule has 2 aromatic carbocycles. The number of aromatic nitrogens is 6. The number of hydrogen-bond donors (Lipinski definition) is 5. The summed E-state index contributed by atoms with van der Waals surface area (Å²) in [4.78, 5) is 49.8. The molecule has 0 saturated heterocycles. The van der Waals surface area contributed by atoms with Crippen LogP contribution in [0.3, 0.4) is 0 Å². The lowest BCUT2D eigenvalue weighted by molar-refractivity contribution is 0.0952. The number of urea groups is 1. The molecule has 0 spiro atoms. The first-order valence-electron chi connectivity index (χ1n) is 19.0. The van der Waals surface area contributed by atoms with Crippen LogP contribution in [0.5, 0.6) is 0 Å². The number of sulfone groups is 2. The van der Waals surface area contributed by atoms with Crippen LogP contribution in [0.25, 0.3) is 10.3 Å². The van der Waals surface area contributed by atoms with Crippen molar-refractivity contribution in [1.29, 1.82) is 0 Å². The number of nitrogens with zero attached hydrogens (tertiary/aromatic N) is 7. The number of hydrogen-bond acceptors (Lipinski definition) is 15. The number of nitrogens with one attached hydrogen (secondary N) is 4. The van der Waals surface area contributed by atoms with E-state index in [4.69, 9.17) is 5.73 Å². The smallest absolute Gasteiger partial charge is 0.318 e. The third-order valence-electron chi connectivity index (χ3n) is 9.87. The van der Waals surface area contributed by atoms with E-state index in [-0.39, 0.29) is 69.5 Å². The molecule has 6 aromatic rings. The summed E-state index contributed by atoms with van der Waals surface area (Å²) in [5.41, 5.74) is 6.50. The van der Waals surface area contributed by atoms with Gasteiger partial charge >= 0.3 is 6.03 Å². The minimum atomic E-state index is -3.81. The maximum atomic E-state index is 13.1. The largest absolute Gasteiger partial charge is 0.333 e. The fourth-order valence-electron chi connectivity index (χ4n) is 6.87. The van der Waals surface area contributed by atoms with Gasteiger partial charge in [-0.25, -0.2) is 41.0 Å². The zero-order chi connectivity index (χ0) is 43.4. The molecule has 0 saturated carbocycles. The van der Waals surface area contributed by atoms with E-state index in [9.17, 15) is 31.2 Å². The highest BCUT2D eigenvalue weighted by Crippen LogP contribution is 2.33. The highest BCUT2D eigenvalue weighted by Gasteiger charge is 2.37. The summed E-state index contributed by atoms with van der Waals surface area (Å²) in [6, 6.07) is 15.8. The second kappa shape index (κ2) is 17.9. The number of amides is 4. The lowest BCUT2D eigenvalue weighted by Gasteiger charge is -2.29. The predicted octanol–water partition coefficient (Wildman–Crippen LogP) is 2.87. The first-order chi connectivity index (χ1) is 29.9. The van der Waals surface area contributed by atoms with Crippen LogP contribution in [0.15, 0.2) is 129 Å². The van der Waals surface area contributed by atoms with Crippen LogP contribution in [0.1, 0.15) is 43.3 Å². The molecule has 10 rings (SSSR count). The second-order valence-corrected chi connectivity index (χ2v) is 19.9. The summed E-state index contributed by atoms with van der Waals surface area (Å²) >= 11 is 2.96. The molecule has 4 aliphatic heterocycles. The number of carbonyl (C=O) groups is 3. The van der Waals surface area contributed by atoms with Crippen LogP contribution in [-0.4, -0.2) is 95.3 Å². The number of rotatable bonds is 5. The molecule has 8 heterocycles. The molecule has 4 aromatic heterocycles. The van der Waals surface area contributed by atoms with Gasteiger partial charge in [0.1, 0.15) is 0 Å². The standard InChI is InChI=1S/C20H18N6O4S2.C12H12N2O3S.C7H8N4S/c27-18-14-4-1-2-5-16(14)32(29,30)17-6-9-25(12-15(17)24-18)19(28)21-10-13-11-22-20(31-13)26-8-3-7-23-26;15-12-8-3-1-2-4-10(8)18(16,17)11-5-6-13-7-9(11)14-12;8-4-6-5-9-7(12-6)11-3-1-2-10-11/h1-5,7-8,11H,6,9-10,12H2,(H,21,28)(H,24,27);1-4,13H,5-7H2,(H,14,15);1-3,5H,4,8H2. The Balaban J connectivity index is 0.000000147. The molecule has 0 atom stereocenters. The molecule has 6 N–H and O–H groups in total. The topological polar surface area (TPSA) is 258 Å². The normalized spacial score (nSPS) is 17.2. The Kier molecular flexibility index (Phi) is 12.2. The monoisotopic (exact) mass is 914 g/mol. The van der Waals surface area contributed by atoms with E-state index in [2.05, 4.69) is 41.4 Å². The van der Waals surface area contributed by atoms with Gasteiger partial charge in [0, 0.05) is 85.2 Å². The van der Waals surface area contributed by atoms with Gasteiger partial charge in [-0.15, -0.1) is 0 Å². The molecule has 0 bridgehead atoms. The van der Waals surface area contributed by atoms with Crippen molar-refractivity contribution in [2.75, 3.05) is 26.2 Å². The van der Waals surface area contributed by atoms with Crippen molar-refractivity contribution in [1.82, 2.24) is 55.7 Å². The van der Waals surface area contributed by atoms with Crippen LogP contribution in [0.4, 0.5) is 4.79 Å². The Morgan fingerprint density at radius 2 is 1.29 bits per heavy atom. The van der Waals surface area contributed by atoms with Gasteiger partial charge in [0.2, 0.25) is 29.9 Å². The van der Waals surface area contributed by atoms with E-state index >= 15 is 0 Å². The first-order valence-corrected chi connectivity index (χ1v) is 23.6. The third-order valence-corrected chi connectivity index (χ3v) is 15.9. The molecule has 23 heteroatoms. The average molecular weight is 915 g/mol. The Labute approximate surface area is 363 Å². The second-order valence-electron chi connectivity index (χ2n) is 13.8. The summed E-state index contributed by atoms with van der Waals surface area (Å²) < 4.78 is 54.6. The van der Waals surface area contributed by atoms with Crippen LogP contribution in [0, 0.1) is 0 Å². The van der Waals surface area contributed by atoms with Gasteiger partial charge in [-0.05, 0) is 42.8 Å². The van der Waals surface area contributed by atoms with Crippen molar-refractivity contribution < 1.29 is 31.2 Å². The van der Waals surface area contributed by atoms with Gasteiger partial charge < -0.3 is 31.9 Å². The first kappa shape index (κ1) is 42.3. The van der Waals surface area contributed by atoms with Gasteiger partial charge in [-0.1, -0.05) is 46.9 Å². The molecule has 0 unspecified atom stereocenters. The Morgan fingerprint density at radius 3 is 1.85 bits per heavy atom. The molecule has 0 aliphatic carbocycles. The maximum Gasteiger partial charge on any atom is 0.318 e. The molecule has 19 nitrogen and oxygen atoms in total. The quantitative estimate of drug-likeness (QED) is 0.167. The van der Waals surface area contributed by atoms with E-state index in [1.165, 1.54) is 40.5 Å².